The minimum Gasteiger partial charge on any atom is -0.394 e. The van der Waals surface area contributed by atoms with Gasteiger partial charge in [-0.05, 0) is 56.4 Å². The first-order chi connectivity index (χ1) is 12.8. The minimum atomic E-state index is 0.122. The second-order valence-electron chi connectivity index (χ2n) is 6.33. The van der Waals surface area contributed by atoms with Gasteiger partial charge in [0.2, 0.25) is 0 Å². The first-order valence-electron chi connectivity index (χ1n) is 9.70. The van der Waals surface area contributed by atoms with Crippen LogP contribution >= 0.6 is 0 Å². The number of aryl methyl sites for hydroxylation is 2. The van der Waals surface area contributed by atoms with Gasteiger partial charge in [0.15, 0.2) is 0 Å². The maximum Gasteiger partial charge on any atom is 0.0693 e. The van der Waals surface area contributed by atoms with E-state index in [0.29, 0.717) is 6.61 Å². The first-order valence-corrected chi connectivity index (χ1v) is 9.70. The lowest BCUT2D eigenvalue weighted by atomic mass is 10.1. The number of hydrogen-bond donors (Lipinski definition) is 1. The number of rotatable bonds is 11. The highest BCUT2D eigenvalue weighted by Crippen LogP contribution is 2.06. The molecule has 0 radical (unpaired) electrons. The van der Waals surface area contributed by atoms with E-state index in [1.54, 1.807) is 7.11 Å². The third-order valence-electron chi connectivity index (χ3n) is 4.31. The highest BCUT2D eigenvalue weighted by atomic mass is 16.5. The van der Waals surface area contributed by atoms with Crippen LogP contribution in [0, 0.1) is 0 Å². The Morgan fingerprint density at radius 2 is 1.27 bits per heavy atom. The summed E-state index contributed by atoms with van der Waals surface area (Å²) in [5, 5.41) is 7.94. The van der Waals surface area contributed by atoms with E-state index in [-0.39, 0.29) is 6.61 Å². The fourth-order valence-electron chi connectivity index (χ4n) is 2.82. The van der Waals surface area contributed by atoms with Gasteiger partial charge in [-0.2, -0.15) is 0 Å². The van der Waals surface area contributed by atoms with Crippen LogP contribution in [-0.2, 0) is 17.6 Å². The molecule has 2 aromatic rings. The van der Waals surface area contributed by atoms with E-state index in [4.69, 9.17) is 5.11 Å². The standard InChI is InChI=1S/C20H27N.C3H8O2/c1-2-21(17-9-15-19-11-5-3-6-12-19)18-10-16-20-13-7-4-8-14-20;1-5-3-2-4/h3-8,11-14H,2,9-10,15-18H2,1H3;4H,2-3H2,1H3. The highest BCUT2D eigenvalue weighted by molar-refractivity contribution is 5.15. The molecule has 0 saturated carbocycles. The van der Waals surface area contributed by atoms with Crippen molar-refractivity contribution in [3.63, 3.8) is 0 Å². The Kier molecular flexibility index (Phi) is 13.4. The molecule has 0 spiro atoms. The lowest BCUT2D eigenvalue weighted by Gasteiger charge is -2.20. The molecule has 0 bridgehead atoms. The van der Waals surface area contributed by atoms with Crippen molar-refractivity contribution in [2.75, 3.05) is 40.0 Å². The molecule has 3 heteroatoms. The summed E-state index contributed by atoms with van der Waals surface area (Å²) in [4.78, 5) is 2.58. The molecule has 0 fully saturated rings. The van der Waals surface area contributed by atoms with Crippen molar-refractivity contribution in [1.29, 1.82) is 0 Å². The zero-order valence-corrected chi connectivity index (χ0v) is 16.4. The molecular formula is C23H35NO2. The summed E-state index contributed by atoms with van der Waals surface area (Å²) in [6, 6.07) is 21.6. The van der Waals surface area contributed by atoms with Gasteiger partial charge in [-0.1, -0.05) is 67.6 Å². The molecule has 2 aromatic carbocycles. The zero-order valence-electron chi connectivity index (χ0n) is 16.4. The van der Waals surface area contributed by atoms with Crippen molar-refractivity contribution in [3.8, 4) is 0 Å². The van der Waals surface area contributed by atoms with Gasteiger partial charge in [0.05, 0.1) is 13.2 Å². The van der Waals surface area contributed by atoms with E-state index in [9.17, 15) is 0 Å². The van der Waals surface area contributed by atoms with Crippen molar-refractivity contribution >= 4 is 0 Å². The molecule has 0 aliphatic carbocycles. The van der Waals surface area contributed by atoms with Crippen LogP contribution < -0.4 is 0 Å². The molecule has 0 aliphatic heterocycles. The molecule has 144 valence electrons. The highest BCUT2D eigenvalue weighted by Gasteiger charge is 2.02. The Morgan fingerprint density at radius 3 is 1.58 bits per heavy atom. The van der Waals surface area contributed by atoms with Crippen LogP contribution in [0.5, 0.6) is 0 Å². The van der Waals surface area contributed by atoms with E-state index in [0.717, 1.165) is 6.54 Å². The van der Waals surface area contributed by atoms with E-state index in [1.165, 1.54) is 49.9 Å². The van der Waals surface area contributed by atoms with Crippen molar-refractivity contribution in [2.45, 2.75) is 32.6 Å². The Bertz CT molecular complexity index is 483. The molecule has 2 rings (SSSR count). The summed E-state index contributed by atoms with van der Waals surface area (Å²) in [5.41, 5.74) is 2.91. The van der Waals surface area contributed by atoms with Gasteiger partial charge in [-0.15, -0.1) is 0 Å². The number of hydrogen-bond acceptors (Lipinski definition) is 3. The van der Waals surface area contributed by atoms with Crippen molar-refractivity contribution in [1.82, 2.24) is 4.90 Å². The van der Waals surface area contributed by atoms with Gasteiger partial charge in [0, 0.05) is 7.11 Å². The average Bonchev–Trinajstić information content (AvgIpc) is 2.69. The van der Waals surface area contributed by atoms with Crippen LogP contribution in [0.3, 0.4) is 0 Å². The molecule has 0 atom stereocenters. The van der Waals surface area contributed by atoms with E-state index in [1.807, 2.05) is 0 Å². The van der Waals surface area contributed by atoms with Crippen LogP contribution in [0.4, 0.5) is 0 Å². The summed E-state index contributed by atoms with van der Waals surface area (Å²) in [6.07, 6.45) is 4.89. The van der Waals surface area contributed by atoms with Gasteiger partial charge < -0.3 is 14.7 Å². The summed E-state index contributed by atoms with van der Waals surface area (Å²) < 4.78 is 4.44. The van der Waals surface area contributed by atoms with E-state index < -0.39 is 0 Å². The number of nitrogens with zero attached hydrogens (tertiary/aromatic N) is 1. The number of aliphatic hydroxyl groups excluding tert-OH is 1. The maximum absolute atomic E-state index is 7.94. The van der Waals surface area contributed by atoms with E-state index >= 15 is 0 Å². The van der Waals surface area contributed by atoms with Crippen LogP contribution in [0.2, 0.25) is 0 Å². The molecule has 0 aliphatic rings. The van der Waals surface area contributed by atoms with Crippen molar-refractivity contribution in [2.24, 2.45) is 0 Å². The lowest BCUT2D eigenvalue weighted by molar-refractivity contribution is 0.135. The first kappa shape index (κ1) is 22.4. The van der Waals surface area contributed by atoms with Gasteiger partial charge in [-0.25, -0.2) is 0 Å². The van der Waals surface area contributed by atoms with Crippen LogP contribution in [-0.4, -0.2) is 50.0 Å². The predicted molar refractivity (Wildman–Crippen MR) is 111 cm³/mol. The van der Waals surface area contributed by atoms with Gasteiger partial charge in [0.25, 0.3) is 0 Å². The lowest BCUT2D eigenvalue weighted by Crippen LogP contribution is -2.26. The maximum atomic E-state index is 7.94. The Balaban J connectivity index is 0.000000597. The minimum absolute atomic E-state index is 0.122. The van der Waals surface area contributed by atoms with Crippen LogP contribution in [0.1, 0.15) is 30.9 Å². The summed E-state index contributed by atoms with van der Waals surface area (Å²) >= 11 is 0. The van der Waals surface area contributed by atoms with Crippen molar-refractivity contribution < 1.29 is 9.84 Å². The molecule has 0 saturated heterocycles. The third kappa shape index (κ3) is 11.0. The summed E-state index contributed by atoms with van der Waals surface area (Å²) in [5.74, 6) is 0. The molecular weight excluding hydrogens is 322 g/mol. The number of aliphatic hydroxyl groups is 1. The number of ether oxygens (including phenoxy) is 1. The molecule has 0 amide bonds. The normalized spacial score (nSPS) is 10.5. The quantitative estimate of drug-likeness (QED) is 0.654. The predicted octanol–water partition coefficient (Wildman–Crippen LogP) is 4.20. The SMILES string of the molecule is CCN(CCCc1ccccc1)CCCc1ccccc1.COCCO. The molecule has 0 aromatic heterocycles. The van der Waals surface area contributed by atoms with Gasteiger partial charge in [0.1, 0.15) is 0 Å². The fourth-order valence-corrected chi connectivity index (χ4v) is 2.82. The monoisotopic (exact) mass is 357 g/mol. The molecule has 1 N–H and O–H groups in total. The average molecular weight is 358 g/mol. The number of methoxy groups -OCH3 is 1. The Labute approximate surface area is 159 Å². The van der Waals surface area contributed by atoms with Gasteiger partial charge >= 0.3 is 0 Å². The largest absolute Gasteiger partial charge is 0.394 e. The number of benzene rings is 2. The molecule has 3 nitrogen and oxygen atoms in total. The summed E-state index contributed by atoms with van der Waals surface area (Å²) in [6.45, 7) is 6.41. The fraction of sp³-hybridized carbons (Fsp3) is 0.478. The smallest absolute Gasteiger partial charge is 0.0693 e. The summed E-state index contributed by atoms with van der Waals surface area (Å²) in [7, 11) is 1.55. The second-order valence-corrected chi connectivity index (χ2v) is 6.33. The zero-order chi connectivity index (χ0) is 18.9. The van der Waals surface area contributed by atoms with Crippen molar-refractivity contribution in [3.05, 3.63) is 71.8 Å². The van der Waals surface area contributed by atoms with Crippen LogP contribution in [0.15, 0.2) is 60.7 Å². The molecule has 0 unspecified atom stereocenters. The third-order valence-corrected chi connectivity index (χ3v) is 4.31. The van der Waals surface area contributed by atoms with Gasteiger partial charge in [-0.3, -0.25) is 0 Å². The Hall–Kier alpha value is -1.68. The van der Waals surface area contributed by atoms with Crippen LogP contribution in [0.25, 0.3) is 0 Å². The molecule has 0 heterocycles. The Morgan fingerprint density at radius 1 is 0.808 bits per heavy atom. The topological polar surface area (TPSA) is 32.7 Å². The second kappa shape index (κ2) is 15.6. The van der Waals surface area contributed by atoms with E-state index in [2.05, 4.69) is 77.2 Å². The molecule has 26 heavy (non-hydrogen) atoms.